The third-order valence-electron chi connectivity index (χ3n) is 2.48. The van der Waals surface area contributed by atoms with Gasteiger partial charge in [0.25, 0.3) is 0 Å². The minimum Gasteiger partial charge on any atom is -0.481 e. The van der Waals surface area contributed by atoms with E-state index in [1.807, 2.05) is 0 Å². The Hall–Kier alpha value is -3.22. The van der Waals surface area contributed by atoms with E-state index in [4.69, 9.17) is 35.7 Å². The van der Waals surface area contributed by atoms with Crippen LogP contribution in [0.1, 0.15) is 25.7 Å². The maximum Gasteiger partial charge on any atom is 0.336 e. The summed E-state index contributed by atoms with van der Waals surface area (Å²) in [6.07, 6.45) is -3.62. The average molecular weight is 368 g/mol. The van der Waals surface area contributed by atoms with Crippen LogP contribution in [0.25, 0.3) is 0 Å². The van der Waals surface area contributed by atoms with Crippen molar-refractivity contribution >= 4 is 35.8 Å². The van der Waals surface area contributed by atoms with E-state index in [9.17, 15) is 28.8 Å². The van der Waals surface area contributed by atoms with Crippen molar-refractivity contribution < 1.29 is 64.5 Å². The zero-order valence-electron chi connectivity index (χ0n) is 12.5. The van der Waals surface area contributed by atoms with Crippen LogP contribution in [-0.2, 0) is 28.8 Å². The molecule has 0 aromatic heterocycles. The second-order valence-corrected chi connectivity index (χ2v) is 4.71. The molecule has 0 aromatic carbocycles. The van der Waals surface area contributed by atoms with Crippen molar-refractivity contribution in [2.45, 2.75) is 31.3 Å². The van der Waals surface area contributed by atoms with Gasteiger partial charge in [-0.15, -0.1) is 0 Å². The van der Waals surface area contributed by atoms with Crippen molar-refractivity contribution in [2.75, 3.05) is 0 Å². The van der Waals surface area contributed by atoms with Crippen molar-refractivity contribution in [1.82, 2.24) is 0 Å². The van der Waals surface area contributed by atoms with Crippen molar-refractivity contribution in [3.8, 4) is 0 Å². The Balaban J connectivity index is 0. The third-order valence-corrected chi connectivity index (χ3v) is 2.48. The topological polar surface area (TPSA) is 244 Å². The van der Waals surface area contributed by atoms with Gasteiger partial charge >= 0.3 is 35.8 Å². The Kier molecular flexibility index (Phi) is 10.1. The molecule has 0 aliphatic rings. The lowest BCUT2D eigenvalue weighted by Gasteiger charge is -2.18. The van der Waals surface area contributed by atoms with E-state index in [1.165, 1.54) is 0 Å². The molecule has 0 aromatic rings. The molecule has 0 heterocycles. The molecule has 25 heavy (non-hydrogen) atoms. The van der Waals surface area contributed by atoms with E-state index in [1.54, 1.807) is 0 Å². The monoisotopic (exact) mass is 368 g/mol. The molecule has 0 aliphatic heterocycles. The Labute approximate surface area is 138 Å². The van der Waals surface area contributed by atoms with Gasteiger partial charge in [-0.1, -0.05) is 0 Å². The normalized spacial score (nSPS) is 10.3. The van der Waals surface area contributed by atoms with E-state index in [0.29, 0.717) is 0 Å². The quantitative estimate of drug-likeness (QED) is 0.229. The van der Waals surface area contributed by atoms with Gasteiger partial charge in [-0.05, 0) is 0 Å². The van der Waals surface area contributed by atoms with Crippen LogP contribution in [-0.4, -0.2) is 77.2 Å². The van der Waals surface area contributed by atoms with E-state index < -0.39 is 73.0 Å². The van der Waals surface area contributed by atoms with Gasteiger partial charge in [-0.25, -0.2) is 4.79 Å². The summed E-state index contributed by atoms with van der Waals surface area (Å²) in [4.78, 5) is 60.8. The van der Waals surface area contributed by atoms with Crippen LogP contribution in [0.15, 0.2) is 0 Å². The fourth-order valence-corrected chi connectivity index (χ4v) is 1.38. The standard InChI is InChI=1S/C6H8O7.C6H8O6/c7-3(8)1-6(13,5(11)12)2-4(9)10;7-4(8)1-3(6(11)12)2-5(9)10/h13H,1-2H2,(H,7,8)(H,9,10)(H,11,12);3H,1-2H2,(H,7,8)(H,9,10)(H,11,12). The summed E-state index contributed by atoms with van der Waals surface area (Å²) in [5.74, 6) is -10.4. The van der Waals surface area contributed by atoms with Crippen molar-refractivity contribution in [3.05, 3.63) is 0 Å². The van der Waals surface area contributed by atoms with Crippen molar-refractivity contribution in [3.63, 3.8) is 0 Å². The Morgan fingerprint density at radius 2 is 0.960 bits per heavy atom. The second-order valence-electron chi connectivity index (χ2n) is 4.71. The minimum absolute atomic E-state index is 0.665. The number of hydrogen-bond donors (Lipinski definition) is 7. The van der Waals surface area contributed by atoms with Gasteiger partial charge in [0.15, 0.2) is 5.60 Å². The lowest BCUT2D eigenvalue weighted by molar-refractivity contribution is -0.170. The molecular formula is C12H16O13. The number of rotatable bonds is 10. The van der Waals surface area contributed by atoms with E-state index in [2.05, 4.69) is 0 Å². The third kappa shape index (κ3) is 11.9. The lowest BCUT2D eigenvalue weighted by Crippen LogP contribution is -2.42. The van der Waals surface area contributed by atoms with Crippen LogP contribution in [0, 0.1) is 5.92 Å². The van der Waals surface area contributed by atoms with Gasteiger partial charge in [-0.3, -0.25) is 24.0 Å². The largest absolute Gasteiger partial charge is 0.481 e. The molecular weight excluding hydrogens is 352 g/mol. The van der Waals surface area contributed by atoms with Crippen LogP contribution in [0.3, 0.4) is 0 Å². The van der Waals surface area contributed by atoms with Gasteiger partial charge in [0.05, 0.1) is 31.6 Å². The van der Waals surface area contributed by atoms with Gasteiger partial charge in [-0.2, -0.15) is 0 Å². The van der Waals surface area contributed by atoms with Gasteiger partial charge in [0, 0.05) is 0 Å². The first-order valence-electron chi connectivity index (χ1n) is 6.27. The molecule has 0 atom stereocenters. The number of carbonyl (C=O) groups is 6. The average Bonchev–Trinajstić information content (AvgIpc) is 2.35. The molecule has 0 amide bonds. The molecule has 0 spiro atoms. The fraction of sp³-hybridized carbons (Fsp3) is 0.500. The summed E-state index contributed by atoms with van der Waals surface area (Å²) in [5.41, 5.74) is -2.74. The number of carboxylic acids is 6. The fourth-order valence-electron chi connectivity index (χ4n) is 1.38. The summed E-state index contributed by atoms with van der Waals surface area (Å²) in [5, 5.41) is 58.5. The molecule has 0 fully saturated rings. The molecule has 0 saturated heterocycles. The summed E-state index contributed by atoms with van der Waals surface area (Å²) in [7, 11) is 0. The maximum atomic E-state index is 10.3. The second kappa shape index (κ2) is 10.5. The Morgan fingerprint density at radius 1 is 0.640 bits per heavy atom. The number of aliphatic hydroxyl groups is 1. The zero-order valence-corrected chi connectivity index (χ0v) is 12.5. The lowest BCUT2D eigenvalue weighted by atomic mass is 9.96. The summed E-state index contributed by atoms with van der Waals surface area (Å²) in [6.45, 7) is 0. The Bertz CT molecular complexity index is 517. The molecule has 142 valence electrons. The maximum absolute atomic E-state index is 10.3. The van der Waals surface area contributed by atoms with Gasteiger partial charge < -0.3 is 35.7 Å². The summed E-state index contributed by atoms with van der Waals surface area (Å²) < 4.78 is 0. The Morgan fingerprint density at radius 3 is 1.12 bits per heavy atom. The number of hydrogen-bond acceptors (Lipinski definition) is 7. The van der Waals surface area contributed by atoms with Gasteiger partial charge in [0.2, 0.25) is 0 Å². The molecule has 0 aliphatic carbocycles. The molecule has 13 nitrogen and oxygen atoms in total. The molecule has 0 saturated carbocycles. The van der Waals surface area contributed by atoms with Crippen LogP contribution in [0.2, 0.25) is 0 Å². The van der Waals surface area contributed by atoms with Crippen LogP contribution >= 0.6 is 0 Å². The molecule has 0 bridgehead atoms. The van der Waals surface area contributed by atoms with E-state index >= 15 is 0 Å². The van der Waals surface area contributed by atoms with Crippen LogP contribution < -0.4 is 0 Å². The van der Waals surface area contributed by atoms with Crippen molar-refractivity contribution in [2.24, 2.45) is 5.92 Å². The van der Waals surface area contributed by atoms with Crippen LogP contribution in [0.4, 0.5) is 0 Å². The molecule has 0 rings (SSSR count). The van der Waals surface area contributed by atoms with Crippen molar-refractivity contribution in [1.29, 1.82) is 0 Å². The summed E-state index contributed by atoms with van der Waals surface area (Å²) in [6, 6.07) is 0. The molecule has 7 N–H and O–H groups in total. The van der Waals surface area contributed by atoms with E-state index in [-0.39, 0.29) is 0 Å². The summed E-state index contributed by atoms with van der Waals surface area (Å²) >= 11 is 0. The predicted molar refractivity (Wildman–Crippen MR) is 72.7 cm³/mol. The van der Waals surface area contributed by atoms with Gasteiger partial charge in [0.1, 0.15) is 0 Å². The first-order valence-corrected chi connectivity index (χ1v) is 6.27. The molecule has 0 radical (unpaired) electrons. The zero-order chi connectivity index (χ0) is 20.4. The minimum atomic E-state index is -2.74. The first kappa shape index (κ1) is 24.0. The highest BCUT2D eigenvalue weighted by Gasteiger charge is 2.40. The first-order chi connectivity index (χ1) is 11.2. The van der Waals surface area contributed by atoms with E-state index in [0.717, 1.165) is 0 Å². The van der Waals surface area contributed by atoms with Crippen LogP contribution in [0.5, 0.6) is 0 Å². The SMILES string of the molecule is O=C(O)CC(CC(=O)O)C(=O)O.O=C(O)CC(O)(CC(=O)O)C(=O)O. The highest BCUT2D eigenvalue weighted by molar-refractivity contribution is 5.88. The number of aliphatic carboxylic acids is 6. The molecule has 13 heteroatoms. The molecule has 0 unspecified atom stereocenters. The smallest absolute Gasteiger partial charge is 0.336 e. The highest BCUT2D eigenvalue weighted by atomic mass is 16.4. The number of carboxylic acid groups (broad SMARTS) is 6. The predicted octanol–water partition coefficient (Wildman–Crippen LogP) is -1.61. The highest BCUT2D eigenvalue weighted by Crippen LogP contribution is 2.15.